The average Bonchev–Trinajstić information content (AvgIpc) is 3.01. The number of amides is 1. The molecule has 0 atom stereocenters. The first-order valence-electron chi connectivity index (χ1n) is 8.71. The molecule has 3 aromatic rings. The normalized spacial score (nSPS) is 10.5. The molecule has 1 amide bonds. The number of hydrogen-bond acceptors (Lipinski definition) is 4. The number of rotatable bonds is 7. The van der Waals surface area contributed by atoms with E-state index >= 15 is 0 Å². The van der Waals surface area contributed by atoms with E-state index in [0.29, 0.717) is 11.4 Å². The molecule has 4 nitrogen and oxygen atoms in total. The predicted octanol–water partition coefficient (Wildman–Crippen LogP) is 4.34. The average molecular weight is 366 g/mol. The first-order valence-corrected chi connectivity index (χ1v) is 9.52. The maximum absolute atomic E-state index is 12.5. The second-order valence-corrected chi connectivity index (χ2v) is 7.27. The van der Waals surface area contributed by atoms with Crippen LogP contribution in [-0.4, -0.2) is 17.4 Å². The lowest BCUT2D eigenvalue weighted by molar-refractivity contribution is 0.0954. The van der Waals surface area contributed by atoms with Gasteiger partial charge in [0, 0.05) is 13.1 Å². The lowest BCUT2D eigenvalue weighted by Crippen LogP contribution is -2.22. The van der Waals surface area contributed by atoms with Crippen molar-refractivity contribution in [2.75, 3.05) is 11.9 Å². The zero-order valence-electron chi connectivity index (χ0n) is 15.1. The summed E-state index contributed by atoms with van der Waals surface area (Å²) in [4.78, 5) is 17.6. The third-order valence-electron chi connectivity index (χ3n) is 4.07. The quantitative estimate of drug-likeness (QED) is 0.655. The Kier molecular flexibility index (Phi) is 6.02. The lowest BCUT2D eigenvalue weighted by atomic mass is 10.1. The van der Waals surface area contributed by atoms with Gasteiger partial charge in [-0.05, 0) is 31.4 Å². The van der Waals surface area contributed by atoms with Crippen LogP contribution >= 0.6 is 11.3 Å². The van der Waals surface area contributed by atoms with Crippen LogP contribution in [0.4, 0.5) is 5.13 Å². The first kappa shape index (κ1) is 18.1. The summed E-state index contributed by atoms with van der Waals surface area (Å²) in [5.41, 5.74) is 4.33. The highest BCUT2D eigenvalue weighted by Crippen LogP contribution is 2.22. The van der Waals surface area contributed by atoms with Crippen molar-refractivity contribution in [2.45, 2.75) is 26.8 Å². The maximum Gasteiger partial charge on any atom is 0.263 e. The Labute approximate surface area is 158 Å². The predicted molar refractivity (Wildman–Crippen MR) is 108 cm³/mol. The van der Waals surface area contributed by atoms with Crippen molar-refractivity contribution in [3.63, 3.8) is 0 Å². The van der Waals surface area contributed by atoms with Crippen LogP contribution in [0.3, 0.4) is 0 Å². The van der Waals surface area contributed by atoms with E-state index in [1.54, 1.807) is 0 Å². The number of carbonyl (C=O) groups is 1. The molecule has 2 N–H and O–H groups in total. The Morgan fingerprint density at radius 2 is 1.81 bits per heavy atom. The summed E-state index contributed by atoms with van der Waals surface area (Å²) in [6.07, 6.45) is 0.925. The molecule has 0 spiro atoms. The zero-order chi connectivity index (χ0) is 18.4. The van der Waals surface area contributed by atoms with E-state index in [2.05, 4.69) is 33.8 Å². The van der Waals surface area contributed by atoms with E-state index in [9.17, 15) is 4.79 Å². The third-order valence-corrected chi connectivity index (χ3v) is 5.19. The Morgan fingerprint density at radius 3 is 2.58 bits per heavy atom. The zero-order valence-corrected chi connectivity index (χ0v) is 15.9. The van der Waals surface area contributed by atoms with Crippen molar-refractivity contribution >= 4 is 22.4 Å². The van der Waals surface area contributed by atoms with E-state index in [1.165, 1.54) is 22.5 Å². The fourth-order valence-electron chi connectivity index (χ4n) is 2.73. The summed E-state index contributed by atoms with van der Waals surface area (Å²) in [7, 11) is 0. The molecule has 0 aliphatic carbocycles. The Bertz CT molecular complexity index is 874. The molecule has 5 heteroatoms. The molecule has 26 heavy (non-hydrogen) atoms. The van der Waals surface area contributed by atoms with Crippen molar-refractivity contribution in [2.24, 2.45) is 0 Å². The van der Waals surface area contributed by atoms with E-state index in [-0.39, 0.29) is 5.91 Å². The number of aryl methyl sites for hydroxylation is 2. The van der Waals surface area contributed by atoms with Crippen LogP contribution < -0.4 is 10.6 Å². The standard InChI is InChI=1S/C21H23N3OS/c1-15-7-6-10-18(13-15)14-23-20(25)19-16(2)24-21(26-19)22-12-11-17-8-4-3-5-9-17/h3-10,13H,11-12,14H2,1-2H3,(H,22,24)(H,23,25). The highest BCUT2D eigenvalue weighted by atomic mass is 32.1. The molecule has 0 saturated carbocycles. The van der Waals surface area contributed by atoms with Gasteiger partial charge in [-0.3, -0.25) is 4.79 Å². The highest BCUT2D eigenvalue weighted by Gasteiger charge is 2.15. The van der Waals surface area contributed by atoms with Crippen molar-refractivity contribution in [3.05, 3.63) is 81.9 Å². The van der Waals surface area contributed by atoms with Gasteiger partial charge in [0.15, 0.2) is 5.13 Å². The Hall–Kier alpha value is -2.66. The van der Waals surface area contributed by atoms with Gasteiger partial charge >= 0.3 is 0 Å². The van der Waals surface area contributed by atoms with Gasteiger partial charge in [0.2, 0.25) is 0 Å². The van der Waals surface area contributed by atoms with Crippen molar-refractivity contribution < 1.29 is 4.79 Å². The van der Waals surface area contributed by atoms with Gasteiger partial charge in [-0.2, -0.15) is 0 Å². The van der Waals surface area contributed by atoms with Crippen molar-refractivity contribution in [3.8, 4) is 0 Å². The minimum absolute atomic E-state index is 0.0717. The van der Waals surface area contributed by atoms with Crippen LogP contribution in [-0.2, 0) is 13.0 Å². The summed E-state index contributed by atoms with van der Waals surface area (Å²) in [6.45, 7) is 5.24. The summed E-state index contributed by atoms with van der Waals surface area (Å²) in [5, 5.41) is 7.09. The number of carbonyl (C=O) groups excluding carboxylic acids is 1. The van der Waals surface area contributed by atoms with Gasteiger partial charge in [0.05, 0.1) is 5.69 Å². The van der Waals surface area contributed by atoms with Crippen LogP contribution in [0.15, 0.2) is 54.6 Å². The molecule has 0 bridgehead atoms. The molecule has 1 aromatic heterocycles. The number of nitrogens with one attached hydrogen (secondary N) is 2. The van der Waals surface area contributed by atoms with Crippen LogP contribution in [0, 0.1) is 13.8 Å². The first-order chi connectivity index (χ1) is 12.6. The van der Waals surface area contributed by atoms with Crippen molar-refractivity contribution in [1.82, 2.24) is 10.3 Å². The number of thiazole rings is 1. The molecule has 1 heterocycles. The number of benzene rings is 2. The summed E-state index contributed by atoms with van der Waals surface area (Å²) in [6, 6.07) is 18.5. The Balaban J connectivity index is 1.54. The number of nitrogens with zero attached hydrogens (tertiary/aromatic N) is 1. The molecule has 0 saturated heterocycles. The topological polar surface area (TPSA) is 54.0 Å². The maximum atomic E-state index is 12.5. The molecule has 0 unspecified atom stereocenters. The van der Waals surface area contributed by atoms with Gasteiger partial charge in [-0.15, -0.1) is 0 Å². The van der Waals surface area contributed by atoms with E-state index in [1.807, 2.05) is 50.2 Å². The molecule has 134 valence electrons. The fourth-order valence-corrected chi connectivity index (χ4v) is 3.63. The van der Waals surface area contributed by atoms with Crippen LogP contribution in [0.5, 0.6) is 0 Å². The molecule has 0 aliphatic heterocycles. The highest BCUT2D eigenvalue weighted by molar-refractivity contribution is 7.17. The van der Waals surface area contributed by atoms with Crippen LogP contribution in [0.2, 0.25) is 0 Å². The molecule has 2 aromatic carbocycles. The number of hydrogen-bond donors (Lipinski definition) is 2. The third kappa shape index (κ3) is 4.92. The molecule has 0 fully saturated rings. The van der Waals surface area contributed by atoms with Gasteiger partial charge in [-0.25, -0.2) is 4.98 Å². The molecule has 0 aliphatic rings. The summed E-state index contributed by atoms with van der Waals surface area (Å²) < 4.78 is 0. The minimum Gasteiger partial charge on any atom is -0.361 e. The smallest absolute Gasteiger partial charge is 0.263 e. The molecule has 3 rings (SSSR count). The fraction of sp³-hybridized carbons (Fsp3) is 0.238. The van der Waals surface area contributed by atoms with E-state index in [0.717, 1.165) is 29.4 Å². The van der Waals surface area contributed by atoms with Gasteiger partial charge < -0.3 is 10.6 Å². The van der Waals surface area contributed by atoms with Crippen LogP contribution in [0.1, 0.15) is 32.1 Å². The van der Waals surface area contributed by atoms with E-state index < -0.39 is 0 Å². The lowest BCUT2D eigenvalue weighted by Gasteiger charge is -2.05. The van der Waals surface area contributed by atoms with Crippen LogP contribution in [0.25, 0.3) is 0 Å². The van der Waals surface area contributed by atoms with Gasteiger partial charge in [-0.1, -0.05) is 71.5 Å². The van der Waals surface area contributed by atoms with Gasteiger partial charge in [0.25, 0.3) is 5.91 Å². The van der Waals surface area contributed by atoms with E-state index in [4.69, 9.17) is 0 Å². The minimum atomic E-state index is -0.0717. The molecular weight excluding hydrogens is 342 g/mol. The second-order valence-electron chi connectivity index (χ2n) is 6.27. The monoisotopic (exact) mass is 365 g/mol. The summed E-state index contributed by atoms with van der Waals surface area (Å²) >= 11 is 1.41. The molecule has 0 radical (unpaired) electrons. The van der Waals surface area contributed by atoms with Crippen molar-refractivity contribution in [1.29, 1.82) is 0 Å². The summed E-state index contributed by atoms with van der Waals surface area (Å²) in [5.74, 6) is -0.0717. The number of aromatic nitrogens is 1. The van der Waals surface area contributed by atoms with Gasteiger partial charge in [0.1, 0.15) is 4.88 Å². The Morgan fingerprint density at radius 1 is 1.04 bits per heavy atom. The SMILES string of the molecule is Cc1cccc(CNC(=O)c2sc(NCCc3ccccc3)nc2C)c1. The number of anilines is 1. The largest absolute Gasteiger partial charge is 0.361 e. The molecular formula is C21H23N3OS. The second kappa shape index (κ2) is 8.63.